The number of carbonyl (C=O) groups is 1. The third kappa shape index (κ3) is 2.79. The van der Waals surface area contributed by atoms with Gasteiger partial charge in [0.05, 0.1) is 20.3 Å². The second kappa shape index (κ2) is 6.59. The predicted octanol–water partition coefficient (Wildman–Crippen LogP) is 3.56. The van der Waals surface area contributed by atoms with Crippen LogP contribution in [0.15, 0.2) is 18.2 Å². The summed E-state index contributed by atoms with van der Waals surface area (Å²) in [4.78, 5) is 14.9. The summed E-state index contributed by atoms with van der Waals surface area (Å²) in [5.41, 5.74) is 1.07. The number of nitrogens with zero attached hydrogens (tertiary/aromatic N) is 1. The Hall–Kier alpha value is -1.71. The maximum Gasteiger partial charge on any atom is 0.226 e. The summed E-state index contributed by atoms with van der Waals surface area (Å²) in [5.74, 6) is 2.23. The molecule has 1 aromatic rings. The highest BCUT2D eigenvalue weighted by atomic mass is 16.5. The van der Waals surface area contributed by atoms with Gasteiger partial charge in [0.15, 0.2) is 0 Å². The first-order valence-corrected chi connectivity index (χ1v) is 8.27. The van der Waals surface area contributed by atoms with E-state index in [1.165, 1.54) is 12.8 Å². The van der Waals surface area contributed by atoms with Gasteiger partial charge < -0.3 is 14.4 Å². The Morgan fingerprint density at radius 3 is 2.55 bits per heavy atom. The van der Waals surface area contributed by atoms with E-state index in [0.717, 1.165) is 49.3 Å². The first kappa shape index (κ1) is 15.2. The van der Waals surface area contributed by atoms with Crippen molar-refractivity contribution in [2.45, 2.75) is 44.6 Å². The lowest BCUT2D eigenvalue weighted by atomic mass is 10.0. The van der Waals surface area contributed by atoms with Gasteiger partial charge in [-0.15, -0.1) is 0 Å². The van der Waals surface area contributed by atoms with Crippen molar-refractivity contribution in [3.05, 3.63) is 23.8 Å². The van der Waals surface area contributed by atoms with Gasteiger partial charge in [-0.25, -0.2) is 0 Å². The number of hydrogen-bond acceptors (Lipinski definition) is 3. The highest BCUT2D eigenvalue weighted by Gasteiger charge is 2.36. The lowest BCUT2D eigenvalue weighted by Gasteiger charge is -2.29. The smallest absolute Gasteiger partial charge is 0.226 e. The molecule has 1 heterocycles. The third-order valence-corrected chi connectivity index (χ3v) is 5.04. The highest BCUT2D eigenvalue weighted by molar-refractivity contribution is 5.80. The molecule has 2 fully saturated rings. The van der Waals surface area contributed by atoms with E-state index in [-0.39, 0.29) is 12.0 Å². The van der Waals surface area contributed by atoms with Gasteiger partial charge >= 0.3 is 0 Å². The van der Waals surface area contributed by atoms with Crippen LogP contribution in [0.4, 0.5) is 0 Å². The summed E-state index contributed by atoms with van der Waals surface area (Å²) in [6.07, 6.45) is 6.55. The molecule has 1 saturated carbocycles. The molecule has 1 atom stereocenters. The first-order chi connectivity index (χ1) is 10.7. The second-order valence-electron chi connectivity index (χ2n) is 6.28. The summed E-state index contributed by atoms with van der Waals surface area (Å²) >= 11 is 0. The molecule has 0 spiro atoms. The predicted molar refractivity (Wildman–Crippen MR) is 85.2 cm³/mol. The summed E-state index contributed by atoms with van der Waals surface area (Å²) in [6, 6.07) is 5.98. The van der Waals surface area contributed by atoms with E-state index in [1.807, 2.05) is 18.2 Å². The minimum Gasteiger partial charge on any atom is -0.497 e. The molecular formula is C18H25NO3. The van der Waals surface area contributed by atoms with E-state index < -0.39 is 0 Å². The molecule has 0 unspecified atom stereocenters. The van der Waals surface area contributed by atoms with Gasteiger partial charge in [-0.3, -0.25) is 4.79 Å². The molecule has 1 aliphatic heterocycles. The molecular weight excluding hydrogens is 278 g/mol. The zero-order valence-corrected chi connectivity index (χ0v) is 13.5. The minimum atomic E-state index is 0.123. The van der Waals surface area contributed by atoms with Crippen molar-refractivity contribution in [3.63, 3.8) is 0 Å². The Morgan fingerprint density at radius 1 is 1.09 bits per heavy atom. The fourth-order valence-electron chi connectivity index (χ4n) is 3.86. The molecule has 0 radical (unpaired) electrons. The van der Waals surface area contributed by atoms with E-state index in [4.69, 9.17) is 9.47 Å². The Balaban J connectivity index is 1.87. The number of rotatable bonds is 4. The molecule has 3 rings (SSSR count). The van der Waals surface area contributed by atoms with Gasteiger partial charge in [0.1, 0.15) is 11.5 Å². The number of methoxy groups -OCH3 is 2. The molecule has 4 heteroatoms. The van der Waals surface area contributed by atoms with E-state index in [1.54, 1.807) is 14.2 Å². The largest absolute Gasteiger partial charge is 0.497 e. The van der Waals surface area contributed by atoms with Gasteiger partial charge in [-0.1, -0.05) is 12.8 Å². The van der Waals surface area contributed by atoms with E-state index >= 15 is 0 Å². The summed E-state index contributed by atoms with van der Waals surface area (Å²) < 4.78 is 10.9. The standard InChI is InChI=1S/C18H25NO3/c1-21-14-9-10-17(22-2)15(12-14)16-8-5-11-19(16)18(20)13-6-3-4-7-13/h9-10,12-13,16H,3-8,11H2,1-2H3/t16-/m1/s1. The molecule has 1 aliphatic carbocycles. The fourth-order valence-corrected chi connectivity index (χ4v) is 3.86. The van der Waals surface area contributed by atoms with Gasteiger partial charge in [0.2, 0.25) is 5.91 Å². The van der Waals surface area contributed by atoms with Crippen molar-refractivity contribution < 1.29 is 14.3 Å². The molecule has 0 N–H and O–H groups in total. The molecule has 1 amide bonds. The maximum absolute atomic E-state index is 12.8. The van der Waals surface area contributed by atoms with Crippen molar-refractivity contribution in [3.8, 4) is 11.5 Å². The number of ether oxygens (including phenoxy) is 2. The number of carbonyl (C=O) groups excluding carboxylic acids is 1. The van der Waals surface area contributed by atoms with Gasteiger partial charge in [-0.2, -0.15) is 0 Å². The molecule has 22 heavy (non-hydrogen) atoms. The lowest BCUT2D eigenvalue weighted by molar-refractivity contribution is -0.136. The number of likely N-dealkylation sites (tertiary alicyclic amines) is 1. The fraction of sp³-hybridized carbons (Fsp3) is 0.611. The van der Waals surface area contributed by atoms with Crippen LogP contribution in [0.5, 0.6) is 11.5 Å². The Morgan fingerprint density at radius 2 is 1.86 bits per heavy atom. The zero-order chi connectivity index (χ0) is 15.5. The van der Waals surface area contributed by atoms with Crippen LogP contribution in [0.25, 0.3) is 0 Å². The highest BCUT2D eigenvalue weighted by Crippen LogP contribution is 2.40. The number of hydrogen-bond donors (Lipinski definition) is 0. The van der Waals surface area contributed by atoms with Crippen LogP contribution in [-0.4, -0.2) is 31.6 Å². The molecule has 4 nitrogen and oxygen atoms in total. The Bertz CT molecular complexity index is 537. The van der Waals surface area contributed by atoms with Crippen LogP contribution >= 0.6 is 0 Å². The molecule has 1 aromatic carbocycles. The van der Waals surface area contributed by atoms with Crippen molar-refractivity contribution in [1.29, 1.82) is 0 Å². The van der Waals surface area contributed by atoms with Crippen molar-refractivity contribution in [1.82, 2.24) is 4.90 Å². The SMILES string of the molecule is COc1ccc(OC)c([C@H]2CCCN2C(=O)C2CCCC2)c1. The maximum atomic E-state index is 12.8. The quantitative estimate of drug-likeness (QED) is 0.853. The normalized spacial score (nSPS) is 22.1. The van der Waals surface area contributed by atoms with Crippen LogP contribution in [0.1, 0.15) is 50.1 Å². The third-order valence-electron chi connectivity index (χ3n) is 5.04. The summed E-state index contributed by atoms with van der Waals surface area (Å²) in [5, 5.41) is 0. The van der Waals surface area contributed by atoms with Crippen LogP contribution in [-0.2, 0) is 4.79 Å². The molecule has 1 saturated heterocycles. The number of amides is 1. The topological polar surface area (TPSA) is 38.8 Å². The van der Waals surface area contributed by atoms with Crippen molar-refractivity contribution >= 4 is 5.91 Å². The first-order valence-electron chi connectivity index (χ1n) is 8.27. The van der Waals surface area contributed by atoms with Gasteiger partial charge in [-0.05, 0) is 43.9 Å². The molecule has 0 aromatic heterocycles. The van der Waals surface area contributed by atoms with Gasteiger partial charge in [0.25, 0.3) is 0 Å². The summed E-state index contributed by atoms with van der Waals surface area (Å²) in [7, 11) is 3.35. The average molecular weight is 303 g/mol. The number of benzene rings is 1. The van der Waals surface area contributed by atoms with Crippen LogP contribution in [0.2, 0.25) is 0 Å². The monoisotopic (exact) mass is 303 g/mol. The van der Waals surface area contributed by atoms with Crippen LogP contribution in [0, 0.1) is 5.92 Å². The molecule has 2 aliphatic rings. The van der Waals surface area contributed by atoms with E-state index in [9.17, 15) is 4.79 Å². The van der Waals surface area contributed by atoms with Crippen LogP contribution in [0.3, 0.4) is 0 Å². The second-order valence-corrected chi connectivity index (χ2v) is 6.28. The van der Waals surface area contributed by atoms with Crippen LogP contribution < -0.4 is 9.47 Å². The molecule has 0 bridgehead atoms. The lowest BCUT2D eigenvalue weighted by Crippen LogP contribution is -2.35. The van der Waals surface area contributed by atoms with E-state index in [0.29, 0.717) is 5.91 Å². The minimum absolute atomic E-state index is 0.123. The Labute approximate surface area is 132 Å². The van der Waals surface area contributed by atoms with Crippen molar-refractivity contribution in [2.75, 3.05) is 20.8 Å². The van der Waals surface area contributed by atoms with Crippen molar-refractivity contribution in [2.24, 2.45) is 5.92 Å². The Kier molecular flexibility index (Phi) is 4.55. The summed E-state index contributed by atoms with van der Waals surface area (Å²) in [6.45, 7) is 0.861. The van der Waals surface area contributed by atoms with E-state index in [2.05, 4.69) is 4.90 Å². The zero-order valence-electron chi connectivity index (χ0n) is 13.5. The van der Waals surface area contributed by atoms with Gasteiger partial charge in [0, 0.05) is 18.0 Å². The molecule has 120 valence electrons. The average Bonchev–Trinajstić information content (AvgIpc) is 3.24.